The predicted octanol–water partition coefficient (Wildman–Crippen LogP) is 3.51. The second-order valence-corrected chi connectivity index (χ2v) is 3.62. The Bertz CT molecular complexity index is 563. The van der Waals surface area contributed by atoms with E-state index in [1.807, 2.05) is 0 Å². The van der Waals surface area contributed by atoms with Crippen molar-refractivity contribution in [1.29, 1.82) is 0 Å². The number of benzene rings is 1. The molecule has 0 spiro atoms. The Kier molecular flexibility index (Phi) is 3.19. The number of aryl methyl sites for hydroxylation is 1. The number of hydrogen-bond donors (Lipinski definition) is 0. The SMILES string of the molecule is Cc1cnc(Cl)nc1Oc1cccc(F)c1F. The Hall–Kier alpha value is -1.75. The lowest BCUT2D eigenvalue weighted by atomic mass is 10.3. The highest BCUT2D eigenvalue weighted by Gasteiger charge is 2.12. The van der Waals surface area contributed by atoms with Crippen molar-refractivity contribution >= 4 is 11.6 Å². The van der Waals surface area contributed by atoms with Crippen LogP contribution < -0.4 is 4.74 Å². The van der Waals surface area contributed by atoms with Gasteiger partial charge in [0.25, 0.3) is 0 Å². The van der Waals surface area contributed by atoms with Crippen molar-refractivity contribution in [3.8, 4) is 11.6 Å². The van der Waals surface area contributed by atoms with Gasteiger partial charge in [-0.2, -0.15) is 9.37 Å². The van der Waals surface area contributed by atoms with Gasteiger partial charge in [-0.25, -0.2) is 9.37 Å². The van der Waals surface area contributed by atoms with Gasteiger partial charge in [0.1, 0.15) is 0 Å². The maximum Gasteiger partial charge on any atom is 0.226 e. The second kappa shape index (κ2) is 4.63. The van der Waals surface area contributed by atoms with Gasteiger partial charge in [0.05, 0.1) is 0 Å². The molecule has 0 fully saturated rings. The maximum atomic E-state index is 13.3. The van der Waals surface area contributed by atoms with E-state index >= 15 is 0 Å². The Morgan fingerprint density at radius 3 is 2.82 bits per heavy atom. The van der Waals surface area contributed by atoms with Crippen molar-refractivity contribution in [1.82, 2.24) is 9.97 Å². The van der Waals surface area contributed by atoms with E-state index in [0.717, 1.165) is 6.07 Å². The van der Waals surface area contributed by atoms with Gasteiger partial charge in [-0.15, -0.1) is 0 Å². The number of halogens is 3. The molecule has 0 N–H and O–H groups in total. The van der Waals surface area contributed by atoms with Crippen molar-refractivity contribution in [2.24, 2.45) is 0 Å². The lowest BCUT2D eigenvalue weighted by Gasteiger charge is -2.08. The average molecular weight is 257 g/mol. The van der Waals surface area contributed by atoms with Crippen LogP contribution >= 0.6 is 11.6 Å². The van der Waals surface area contributed by atoms with Crippen LogP contribution in [0.4, 0.5) is 8.78 Å². The lowest BCUT2D eigenvalue weighted by molar-refractivity contribution is 0.402. The van der Waals surface area contributed by atoms with Crippen LogP contribution in [0.2, 0.25) is 5.28 Å². The summed E-state index contributed by atoms with van der Waals surface area (Å²) in [5, 5.41) is -0.0255. The summed E-state index contributed by atoms with van der Waals surface area (Å²) in [7, 11) is 0. The Morgan fingerprint density at radius 2 is 2.06 bits per heavy atom. The number of aromatic nitrogens is 2. The van der Waals surface area contributed by atoms with Gasteiger partial charge >= 0.3 is 0 Å². The molecule has 88 valence electrons. The summed E-state index contributed by atoms with van der Waals surface area (Å²) in [6.07, 6.45) is 1.43. The maximum absolute atomic E-state index is 13.3. The number of ether oxygens (including phenoxy) is 1. The van der Waals surface area contributed by atoms with E-state index in [1.165, 1.54) is 18.3 Å². The highest BCUT2D eigenvalue weighted by atomic mass is 35.5. The van der Waals surface area contributed by atoms with Gasteiger partial charge in [0, 0.05) is 11.8 Å². The molecule has 0 amide bonds. The molecule has 1 aromatic carbocycles. The van der Waals surface area contributed by atoms with Crippen LogP contribution in [0.3, 0.4) is 0 Å². The van der Waals surface area contributed by atoms with Gasteiger partial charge in [-0.3, -0.25) is 0 Å². The molecule has 0 saturated heterocycles. The molecule has 17 heavy (non-hydrogen) atoms. The van der Waals surface area contributed by atoms with Crippen LogP contribution in [0, 0.1) is 18.6 Å². The van der Waals surface area contributed by atoms with Gasteiger partial charge in [-0.1, -0.05) is 6.07 Å². The summed E-state index contributed by atoms with van der Waals surface area (Å²) in [6.45, 7) is 1.67. The van der Waals surface area contributed by atoms with Crippen LogP contribution in [-0.4, -0.2) is 9.97 Å². The van der Waals surface area contributed by atoms with Gasteiger partial charge < -0.3 is 4.74 Å². The van der Waals surface area contributed by atoms with E-state index in [-0.39, 0.29) is 16.9 Å². The van der Waals surface area contributed by atoms with Crippen molar-refractivity contribution in [3.05, 3.63) is 46.9 Å². The summed E-state index contributed by atoms with van der Waals surface area (Å²) in [6, 6.07) is 3.64. The van der Waals surface area contributed by atoms with Crippen LogP contribution in [0.5, 0.6) is 11.6 Å². The molecular formula is C11H7ClF2N2O. The van der Waals surface area contributed by atoms with Crippen LogP contribution in [-0.2, 0) is 0 Å². The lowest BCUT2D eigenvalue weighted by Crippen LogP contribution is -1.96. The number of nitrogens with zero attached hydrogens (tertiary/aromatic N) is 2. The molecule has 0 atom stereocenters. The Labute approximate surface area is 101 Å². The monoisotopic (exact) mass is 256 g/mol. The fourth-order valence-corrected chi connectivity index (χ4v) is 1.30. The zero-order valence-electron chi connectivity index (χ0n) is 8.75. The minimum Gasteiger partial charge on any atom is -0.435 e. The summed E-state index contributed by atoms with van der Waals surface area (Å²) < 4.78 is 31.4. The summed E-state index contributed by atoms with van der Waals surface area (Å²) in [4.78, 5) is 7.51. The number of hydrogen-bond acceptors (Lipinski definition) is 3. The highest BCUT2D eigenvalue weighted by Crippen LogP contribution is 2.26. The quantitative estimate of drug-likeness (QED) is 0.771. The van der Waals surface area contributed by atoms with Crippen LogP contribution in [0.1, 0.15) is 5.56 Å². The topological polar surface area (TPSA) is 35.0 Å². The normalized spacial score (nSPS) is 10.4. The third kappa shape index (κ3) is 2.50. The molecule has 2 rings (SSSR count). The third-order valence-corrected chi connectivity index (χ3v) is 2.20. The smallest absolute Gasteiger partial charge is 0.226 e. The Balaban J connectivity index is 2.38. The standard InChI is InChI=1S/C11H7ClF2N2O/c1-6-5-15-11(12)16-10(6)17-8-4-2-3-7(13)9(8)14/h2-5H,1H3. The second-order valence-electron chi connectivity index (χ2n) is 3.28. The van der Waals surface area contributed by atoms with Crippen LogP contribution in [0.15, 0.2) is 24.4 Å². The fourth-order valence-electron chi connectivity index (χ4n) is 1.18. The molecule has 0 unspecified atom stereocenters. The minimum absolute atomic E-state index is 0.0255. The molecule has 6 heteroatoms. The first-order valence-corrected chi connectivity index (χ1v) is 5.06. The van der Waals surface area contributed by atoms with Gasteiger partial charge in [-0.05, 0) is 30.7 Å². The molecule has 0 radical (unpaired) electrons. The van der Waals surface area contributed by atoms with Gasteiger partial charge in [0.15, 0.2) is 11.6 Å². The molecule has 0 aliphatic rings. The molecule has 0 bridgehead atoms. The molecule has 0 saturated carbocycles. The van der Waals surface area contributed by atoms with E-state index in [1.54, 1.807) is 6.92 Å². The molecule has 0 aliphatic carbocycles. The van der Waals surface area contributed by atoms with E-state index < -0.39 is 11.6 Å². The zero-order chi connectivity index (χ0) is 12.4. The Morgan fingerprint density at radius 1 is 1.29 bits per heavy atom. The minimum atomic E-state index is -1.07. The van der Waals surface area contributed by atoms with Gasteiger partial charge in [0.2, 0.25) is 17.0 Å². The van der Waals surface area contributed by atoms with Crippen molar-refractivity contribution in [2.75, 3.05) is 0 Å². The third-order valence-electron chi connectivity index (χ3n) is 2.02. The summed E-state index contributed by atoms with van der Waals surface area (Å²) >= 11 is 5.58. The molecule has 1 aromatic heterocycles. The first-order chi connectivity index (χ1) is 8.08. The first kappa shape index (κ1) is 11.7. The van der Waals surface area contributed by atoms with E-state index in [0.29, 0.717) is 5.56 Å². The van der Waals surface area contributed by atoms with Crippen molar-refractivity contribution < 1.29 is 13.5 Å². The van der Waals surface area contributed by atoms with E-state index in [2.05, 4.69) is 9.97 Å². The largest absolute Gasteiger partial charge is 0.435 e. The molecular weight excluding hydrogens is 250 g/mol. The van der Waals surface area contributed by atoms with Crippen LogP contribution in [0.25, 0.3) is 0 Å². The average Bonchev–Trinajstić information content (AvgIpc) is 2.30. The molecule has 1 heterocycles. The zero-order valence-corrected chi connectivity index (χ0v) is 9.50. The fraction of sp³-hybridized carbons (Fsp3) is 0.0909. The number of rotatable bonds is 2. The van der Waals surface area contributed by atoms with Crippen molar-refractivity contribution in [3.63, 3.8) is 0 Å². The molecule has 3 nitrogen and oxygen atoms in total. The van der Waals surface area contributed by atoms with E-state index in [4.69, 9.17) is 16.3 Å². The van der Waals surface area contributed by atoms with Crippen molar-refractivity contribution in [2.45, 2.75) is 6.92 Å². The molecule has 2 aromatic rings. The highest BCUT2D eigenvalue weighted by molar-refractivity contribution is 6.28. The summed E-state index contributed by atoms with van der Waals surface area (Å²) in [5.74, 6) is -2.21. The van der Waals surface area contributed by atoms with E-state index in [9.17, 15) is 8.78 Å². The first-order valence-electron chi connectivity index (χ1n) is 4.69. The predicted molar refractivity (Wildman–Crippen MR) is 58.2 cm³/mol. The molecule has 0 aliphatic heterocycles. The summed E-state index contributed by atoms with van der Waals surface area (Å²) in [5.41, 5.74) is 0.568.